The number of esters is 1. The van der Waals surface area contributed by atoms with E-state index in [1.165, 1.54) is 25.3 Å². The van der Waals surface area contributed by atoms with Crippen molar-refractivity contribution in [2.75, 3.05) is 12.4 Å². The highest BCUT2D eigenvalue weighted by Crippen LogP contribution is 2.53. The first-order valence-electron chi connectivity index (χ1n) is 5.41. The fourth-order valence-corrected chi connectivity index (χ4v) is 2.26. The summed E-state index contributed by atoms with van der Waals surface area (Å²) < 4.78 is 3.59. The lowest BCUT2D eigenvalue weighted by Crippen LogP contribution is -2.17. The fourth-order valence-electron chi connectivity index (χ4n) is 1.58. The van der Waals surface area contributed by atoms with Crippen molar-refractivity contribution in [2.45, 2.75) is 10.8 Å². The smallest absolute Gasteiger partial charge is 0.337 e. The van der Waals surface area contributed by atoms with Gasteiger partial charge < -0.3 is 10.1 Å². The van der Waals surface area contributed by atoms with Crippen molar-refractivity contribution < 1.29 is 14.3 Å². The molecule has 1 amide bonds. The second-order valence-electron chi connectivity index (χ2n) is 4.19. The first kappa shape index (κ1) is 14.4. The van der Waals surface area contributed by atoms with Gasteiger partial charge in [-0.2, -0.15) is 0 Å². The van der Waals surface area contributed by atoms with Gasteiger partial charge in [-0.15, -0.1) is 23.2 Å². The van der Waals surface area contributed by atoms with Crippen molar-refractivity contribution in [3.63, 3.8) is 0 Å². The second kappa shape index (κ2) is 5.19. The molecule has 1 aromatic carbocycles. The van der Waals surface area contributed by atoms with Gasteiger partial charge in [0.25, 0.3) is 0 Å². The molecule has 1 aliphatic carbocycles. The molecule has 0 heterocycles. The summed E-state index contributed by atoms with van der Waals surface area (Å²) in [6, 6.07) is 4.46. The Kier molecular flexibility index (Phi) is 3.95. The Bertz CT molecular complexity index is 545. The van der Waals surface area contributed by atoms with Gasteiger partial charge in [-0.25, -0.2) is 4.79 Å². The normalized spacial score (nSPS) is 19.7. The monoisotopic (exact) mass is 321 g/mol. The van der Waals surface area contributed by atoms with E-state index >= 15 is 0 Å². The number of nitrogens with one attached hydrogen (secondary N) is 1. The number of carbonyl (C=O) groups excluding carboxylic acids is 2. The number of amides is 1. The summed E-state index contributed by atoms with van der Waals surface area (Å²) in [6.07, 6.45) is 0.399. The summed E-state index contributed by atoms with van der Waals surface area (Å²) in [5.41, 5.74) is 0.617. The van der Waals surface area contributed by atoms with Gasteiger partial charge in [-0.1, -0.05) is 11.6 Å². The Morgan fingerprint density at radius 2 is 2.05 bits per heavy atom. The fraction of sp³-hybridized carbons (Fsp3) is 0.333. The Balaban J connectivity index is 2.16. The molecule has 0 spiro atoms. The minimum absolute atomic E-state index is 0.293. The molecule has 0 aliphatic heterocycles. The summed E-state index contributed by atoms with van der Waals surface area (Å²) in [6.45, 7) is 0. The lowest BCUT2D eigenvalue weighted by molar-refractivity contribution is -0.117. The predicted octanol–water partition coefficient (Wildman–Crippen LogP) is 3.26. The number of hydrogen-bond acceptors (Lipinski definition) is 3. The minimum atomic E-state index is -1.00. The third kappa shape index (κ3) is 3.14. The van der Waals surface area contributed by atoms with Crippen LogP contribution in [0.4, 0.5) is 5.69 Å². The van der Waals surface area contributed by atoms with Crippen LogP contribution in [0.3, 0.4) is 0 Å². The van der Waals surface area contributed by atoms with Crippen molar-refractivity contribution in [3.05, 3.63) is 28.8 Å². The maximum Gasteiger partial charge on any atom is 0.337 e. The Hall–Kier alpha value is -0.970. The van der Waals surface area contributed by atoms with Crippen LogP contribution in [0.1, 0.15) is 16.8 Å². The van der Waals surface area contributed by atoms with E-state index in [2.05, 4.69) is 10.1 Å². The van der Waals surface area contributed by atoms with E-state index in [0.717, 1.165) is 0 Å². The number of ether oxygens (including phenoxy) is 1. The summed E-state index contributed by atoms with van der Waals surface area (Å²) >= 11 is 17.6. The highest BCUT2D eigenvalue weighted by Gasteiger charge is 2.56. The highest BCUT2D eigenvalue weighted by atomic mass is 35.5. The van der Waals surface area contributed by atoms with Crippen molar-refractivity contribution in [3.8, 4) is 0 Å². The number of benzene rings is 1. The lowest BCUT2D eigenvalue weighted by Gasteiger charge is -2.09. The molecule has 1 unspecified atom stereocenters. The summed E-state index contributed by atoms with van der Waals surface area (Å²) in [7, 11) is 1.27. The molecule has 4 nitrogen and oxygen atoms in total. The van der Waals surface area contributed by atoms with E-state index < -0.39 is 16.2 Å². The first-order valence-corrected chi connectivity index (χ1v) is 6.55. The predicted molar refractivity (Wildman–Crippen MR) is 74.0 cm³/mol. The van der Waals surface area contributed by atoms with Gasteiger partial charge in [-0.3, -0.25) is 4.79 Å². The molecule has 0 bridgehead atoms. The highest BCUT2D eigenvalue weighted by molar-refractivity contribution is 6.52. The van der Waals surface area contributed by atoms with Crippen LogP contribution in [0.5, 0.6) is 0 Å². The van der Waals surface area contributed by atoms with Crippen LogP contribution in [-0.2, 0) is 9.53 Å². The van der Waals surface area contributed by atoms with Crippen molar-refractivity contribution >= 4 is 52.4 Å². The third-order valence-electron chi connectivity index (χ3n) is 2.79. The SMILES string of the molecule is COC(=O)c1ccc(Cl)c(NC(=O)C2CC2(Cl)Cl)c1. The van der Waals surface area contributed by atoms with Crippen LogP contribution < -0.4 is 5.32 Å². The van der Waals surface area contributed by atoms with Gasteiger partial charge in [0.05, 0.1) is 29.3 Å². The largest absolute Gasteiger partial charge is 0.465 e. The third-order valence-corrected chi connectivity index (χ3v) is 3.95. The molecular formula is C12H10Cl3NO3. The minimum Gasteiger partial charge on any atom is -0.465 e. The summed E-state index contributed by atoms with van der Waals surface area (Å²) in [5.74, 6) is -1.30. The van der Waals surface area contributed by atoms with Gasteiger partial charge in [0, 0.05) is 0 Å². The molecule has 7 heteroatoms. The molecule has 0 aromatic heterocycles. The summed E-state index contributed by atoms with van der Waals surface area (Å²) in [4.78, 5) is 23.2. The zero-order valence-electron chi connectivity index (χ0n) is 9.88. The van der Waals surface area contributed by atoms with Crippen LogP contribution in [0.2, 0.25) is 5.02 Å². The molecule has 102 valence electrons. The zero-order valence-corrected chi connectivity index (χ0v) is 12.1. The van der Waals surface area contributed by atoms with E-state index in [4.69, 9.17) is 34.8 Å². The molecule has 2 rings (SSSR count). The Labute approximate surface area is 125 Å². The van der Waals surface area contributed by atoms with Crippen LogP contribution in [-0.4, -0.2) is 23.3 Å². The van der Waals surface area contributed by atoms with Crippen LogP contribution in [0.15, 0.2) is 18.2 Å². The Morgan fingerprint density at radius 1 is 1.42 bits per heavy atom. The van der Waals surface area contributed by atoms with Crippen LogP contribution in [0, 0.1) is 5.92 Å². The van der Waals surface area contributed by atoms with Crippen molar-refractivity contribution in [1.82, 2.24) is 0 Å². The molecule has 0 radical (unpaired) electrons. The van der Waals surface area contributed by atoms with E-state index in [-0.39, 0.29) is 5.91 Å². The van der Waals surface area contributed by atoms with Crippen LogP contribution in [0.25, 0.3) is 0 Å². The first-order chi connectivity index (χ1) is 8.85. The number of carbonyl (C=O) groups is 2. The van der Waals surface area contributed by atoms with Gasteiger partial charge in [-0.05, 0) is 24.6 Å². The topological polar surface area (TPSA) is 55.4 Å². The van der Waals surface area contributed by atoms with E-state index in [1.54, 1.807) is 0 Å². The quantitative estimate of drug-likeness (QED) is 0.686. The molecule has 1 saturated carbocycles. The van der Waals surface area contributed by atoms with Gasteiger partial charge in [0.15, 0.2) is 0 Å². The molecule has 1 atom stereocenters. The van der Waals surface area contributed by atoms with E-state index in [1.807, 2.05) is 0 Å². The lowest BCUT2D eigenvalue weighted by atomic mass is 10.2. The average molecular weight is 323 g/mol. The van der Waals surface area contributed by atoms with Gasteiger partial charge in [0.2, 0.25) is 5.91 Å². The maximum absolute atomic E-state index is 11.8. The van der Waals surface area contributed by atoms with E-state index in [9.17, 15) is 9.59 Å². The molecule has 1 N–H and O–H groups in total. The summed E-state index contributed by atoms with van der Waals surface area (Å²) in [5, 5.41) is 2.92. The standard InChI is InChI=1S/C12H10Cl3NO3/c1-19-11(18)6-2-3-8(13)9(4-6)16-10(17)7-5-12(7,14)15/h2-4,7H,5H2,1H3,(H,16,17). The molecular weight excluding hydrogens is 312 g/mol. The average Bonchev–Trinajstić information content (AvgIpc) is 3.00. The molecule has 0 saturated heterocycles. The number of hydrogen-bond donors (Lipinski definition) is 1. The zero-order chi connectivity index (χ0) is 14.2. The van der Waals surface area contributed by atoms with Crippen LogP contribution >= 0.6 is 34.8 Å². The van der Waals surface area contributed by atoms with Gasteiger partial charge in [0.1, 0.15) is 4.33 Å². The number of halogens is 3. The number of anilines is 1. The molecule has 1 aliphatic rings. The van der Waals surface area contributed by atoms with Crippen molar-refractivity contribution in [2.24, 2.45) is 5.92 Å². The number of rotatable bonds is 3. The van der Waals surface area contributed by atoms with Crippen molar-refractivity contribution in [1.29, 1.82) is 0 Å². The molecule has 1 fully saturated rings. The molecule has 1 aromatic rings. The molecule has 19 heavy (non-hydrogen) atoms. The Morgan fingerprint density at radius 3 is 2.58 bits per heavy atom. The van der Waals surface area contributed by atoms with E-state index in [0.29, 0.717) is 22.7 Å². The maximum atomic E-state index is 11.8. The number of alkyl halides is 2. The van der Waals surface area contributed by atoms with Gasteiger partial charge >= 0.3 is 5.97 Å². The second-order valence-corrected chi connectivity index (χ2v) is 6.14. The number of methoxy groups -OCH3 is 1.